The van der Waals surface area contributed by atoms with E-state index < -0.39 is 10.0 Å². The van der Waals surface area contributed by atoms with E-state index >= 15 is 0 Å². The SMILES string of the molecule is NS(=O)(=O)c1cc(NC(=O)Cc2ccccc2Cl)ccc1Oc1ccc(N2CCCC2=O)cc1. The highest BCUT2D eigenvalue weighted by Gasteiger charge is 2.22. The molecule has 0 aromatic heterocycles. The van der Waals surface area contributed by atoms with Crippen molar-refractivity contribution in [2.45, 2.75) is 24.2 Å². The normalized spacial score (nSPS) is 13.7. The van der Waals surface area contributed by atoms with Crippen molar-refractivity contribution in [2.75, 3.05) is 16.8 Å². The zero-order valence-corrected chi connectivity index (χ0v) is 19.6. The number of nitrogens with one attached hydrogen (secondary N) is 1. The van der Waals surface area contributed by atoms with Crippen molar-refractivity contribution in [2.24, 2.45) is 5.14 Å². The second kappa shape index (κ2) is 9.84. The highest BCUT2D eigenvalue weighted by molar-refractivity contribution is 7.89. The zero-order valence-electron chi connectivity index (χ0n) is 18.0. The number of benzene rings is 3. The number of amides is 2. The van der Waals surface area contributed by atoms with Crippen LogP contribution in [0, 0.1) is 0 Å². The maximum Gasteiger partial charge on any atom is 0.241 e. The Hall–Kier alpha value is -3.40. The number of nitrogens with zero attached hydrogens (tertiary/aromatic N) is 1. The monoisotopic (exact) mass is 499 g/mol. The number of rotatable bonds is 7. The van der Waals surface area contributed by atoms with E-state index in [1.807, 2.05) is 0 Å². The number of hydrogen-bond donors (Lipinski definition) is 2. The molecule has 3 aromatic carbocycles. The maximum absolute atomic E-state index is 12.4. The van der Waals surface area contributed by atoms with Gasteiger partial charge in [-0.05, 0) is 60.5 Å². The van der Waals surface area contributed by atoms with Crippen molar-refractivity contribution >= 4 is 44.8 Å². The molecule has 0 saturated carbocycles. The van der Waals surface area contributed by atoms with E-state index in [2.05, 4.69) is 5.32 Å². The van der Waals surface area contributed by atoms with Gasteiger partial charge in [0.25, 0.3) is 0 Å². The van der Waals surface area contributed by atoms with Crippen LogP contribution >= 0.6 is 11.6 Å². The predicted molar refractivity (Wildman–Crippen MR) is 130 cm³/mol. The summed E-state index contributed by atoms with van der Waals surface area (Å²) in [6.07, 6.45) is 1.36. The van der Waals surface area contributed by atoms with Gasteiger partial charge in [0.15, 0.2) is 0 Å². The van der Waals surface area contributed by atoms with Crippen LogP contribution in [0.25, 0.3) is 0 Å². The van der Waals surface area contributed by atoms with Crippen molar-refractivity contribution in [1.82, 2.24) is 0 Å². The number of nitrogens with two attached hydrogens (primary N) is 1. The molecule has 4 rings (SSSR count). The van der Waals surface area contributed by atoms with Gasteiger partial charge in [0.05, 0.1) is 6.42 Å². The molecule has 1 aliphatic heterocycles. The van der Waals surface area contributed by atoms with Gasteiger partial charge in [-0.15, -0.1) is 0 Å². The molecule has 176 valence electrons. The van der Waals surface area contributed by atoms with Crippen molar-refractivity contribution in [1.29, 1.82) is 0 Å². The second-order valence-corrected chi connectivity index (χ2v) is 9.70. The lowest BCUT2D eigenvalue weighted by molar-refractivity contribution is -0.117. The van der Waals surface area contributed by atoms with Crippen molar-refractivity contribution < 1.29 is 22.7 Å². The Morgan fingerprint density at radius 3 is 2.47 bits per heavy atom. The van der Waals surface area contributed by atoms with E-state index in [4.69, 9.17) is 21.5 Å². The first-order chi connectivity index (χ1) is 16.2. The lowest BCUT2D eigenvalue weighted by Crippen LogP contribution is -2.23. The molecule has 8 nitrogen and oxygen atoms in total. The van der Waals surface area contributed by atoms with Gasteiger partial charge in [-0.25, -0.2) is 13.6 Å². The third-order valence-corrected chi connectivity index (χ3v) is 6.59. The maximum atomic E-state index is 12.4. The minimum absolute atomic E-state index is 0.0107. The average molecular weight is 500 g/mol. The van der Waals surface area contributed by atoms with Crippen LogP contribution in [0.4, 0.5) is 11.4 Å². The number of halogens is 1. The van der Waals surface area contributed by atoms with Crippen LogP contribution < -0.4 is 20.1 Å². The molecule has 0 atom stereocenters. The minimum atomic E-state index is -4.16. The molecule has 1 fully saturated rings. The molecule has 1 saturated heterocycles. The summed E-state index contributed by atoms with van der Waals surface area (Å²) in [5, 5.41) is 8.51. The van der Waals surface area contributed by atoms with E-state index in [0.29, 0.717) is 29.3 Å². The Labute approximate surface area is 202 Å². The van der Waals surface area contributed by atoms with Gasteiger partial charge in [0.2, 0.25) is 21.8 Å². The number of anilines is 2. The molecule has 0 spiro atoms. The molecule has 10 heteroatoms. The lowest BCUT2D eigenvalue weighted by atomic mass is 10.1. The highest BCUT2D eigenvalue weighted by Crippen LogP contribution is 2.32. The third kappa shape index (κ3) is 5.56. The third-order valence-electron chi connectivity index (χ3n) is 5.29. The van der Waals surface area contributed by atoms with Gasteiger partial charge < -0.3 is 15.0 Å². The van der Waals surface area contributed by atoms with Gasteiger partial charge in [-0.2, -0.15) is 0 Å². The molecule has 3 N–H and O–H groups in total. The molecule has 0 aliphatic carbocycles. The molecule has 0 bridgehead atoms. The van der Waals surface area contributed by atoms with Crippen LogP contribution in [0.1, 0.15) is 18.4 Å². The Kier molecular flexibility index (Phi) is 6.87. The summed E-state index contributed by atoms with van der Waals surface area (Å²) in [6, 6.07) is 17.9. The summed E-state index contributed by atoms with van der Waals surface area (Å²) < 4.78 is 30.2. The standard InChI is InChI=1S/C24H22ClN3O5S/c25-20-5-2-1-4-16(20)14-23(29)27-17-7-12-21(22(15-17)34(26,31)32)33-19-10-8-18(9-11-19)28-13-3-6-24(28)30/h1-2,4-5,7-12,15H,3,6,13-14H2,(H,27,29)(H2,26,31,32). The first-order valence-corrected chi connectivity index (χ1v) is 12.4. The van der Waals surface area contributed by atoms with Crippen molar-refractivity contribution in [3.05, 3.63) is 77.3 Å². The van der Waals surface area contributed by atoms with Gasteiger partial charge in [-0.3, -0.25) is 9.59 Å². The van der Waals surface area contributed by atoms with Crippen LogP contribution in [0.2, 0.25) is 5.02 Å². The minimum Gasteiger partial charge on any atom is -0.456 e. The van der Waals surface area contributed by atoms with Crippen molar-refractivity contribution in [3.8, 4) is 11.5 Å². The van der Waals surface area contributed by atoms with Gasteiger partial charge in [-0.1, -0.05) is 29.8 Å². The number of carbonyl (C=O) groups is 2. The molecule has 0 radical (unpaired) electrons. The summed E-state index contributed by atoms with van der Waals surface area (Å²) in [7, 11) is -4.16. The first kappa shape index (κ1) is 23.7. The number of hydrogen-bond acceptors (Lipinski definition) is 5. The number of primary sulfonamides is 1. The lowest BCUT2D eigenvalue weighted by Gasteiger charge is -2.16. The summed E-state index contributed by atoms with van der Waals surface area (Å²) in [5.74, 6) is 0.0824. The van der Waals surface area contributed by atoms with Crippen LogP contribution in [0.3, 0.4) is 0 Å². The van der Waals surface area contributed by atoms with E-state index in [1.165, 1.54) is 18.2 Å². The summed E-state index contributed by atoms with van der Waals surface area (Å²) in [5.41, 5.74) is 1.64. The van der Waals surface area contributed by atoms with Crippen molar-refractivity contribution in [3.63, 3.8) is 0 Å². The first-order valence-electron chi connectivity index (χ1n) is 10.5. The molecule has 34 heavy (non-hydrogen) atoms. The summed E-state index contributed by atoms with van der Waals surface area (Å²) in [4.78, 5) is 25.8. The molecular weight excluding hydrogens is 478 g/mol. The number of ether oxygens (including phenoxy) is 1. The fourth-order valence-corrected chi connectivity index (χ4v) is 4.54. The van der Waals surface area contributed by atoms with E-state index in [1.54, 1.807) is 53.4 Å². The molecule has 1 heterocycles. The number of carbonyl (C=O) groups excluding carboxylic acids is 2. The van der Waals surface area contributed by atoms with Crippen LogP contribution in [0.15, 0.2) is 71.6 Å². The van der Waals surface area contributed by atoms with Crippen LogP contribution in [-0.2, 0) is 26.0 Å². The smallest absolute Gasteiger partial charge is 0.241 e. The fourth-order valence-electron chi connectivity index (χ4n) is 3.65. The molecule has 3 aromatic rings. The van der Waals surface area contributed by atoms with E-state index in [9.17, 15) is 18.0 Å². The van der Waals surface area contributed by atoms with E-state index in [-0.39, 0.29) is 34.6 Å². The van der Waals surface area contributed by atoms with E-state index in [0.717, 1.165) is 12.1 Å². The molecule has 2 amide bonds. The van der Waals surface area contributed by atoms with Crippen LogP contribution in [0.5, 0.6) is 11.5 Å². The fraction of sp³-hybridized carbons (Fsp3) is 0.167. The average Bonchev–Trinajstić information content (AvgIpc) is 3.22. The van der Waals surface area contributed by atoms with Gasteiger partial charge in [0.1, 0.15) is 16.4 Å². The van der Waals surface area contributed by atoms with Gasteiger partial charge in [0, 0.05) is 29.4 Å². The Balaban J connectivity index is 1.51. The quantitative estimate of drug-likeness (QED) is 0.507. The second-order valence-electron chi connectivity index (χ2n) is 7.77. The predicted octanol–water partition coefficient (Wildman–Crippen LogP) is 4.09. The molecular formula is C24H22ClN3O5S. The highest BCUT2D eigenvalue weighted by atomic mass is 35.5. The Morgan fingerprint density at radius 2 is 1.82 bits per heavy atom. The summed E-state index contributed by atoms with van der Waals surface area (Å²) in [6.45, 7) is 0.665. The Morgan fingerprint density at radius 1 is 1.09 bits per heavy atom. The van der Waals surface area contributed by atoms with Gasteiger partial charge >= 0.3 is 0 Å². The Bertz CT molecular complexity index is 1340. The molecule has 0 unspecified atom stereocenters. The van der Waals surface area contributed by atoms with Crippen LogP contribution in [-0.4, -0.2) is 26.8 Å². The zero-order chi connectivity index (χ0) is 24.3. The number of sulfonamides is 1. The molecule has 1 aliphatic rings. The summed E-state index contributed by atoms with van der Waals surface area (Å²) >= 11 is 6.10. The largest absolute Gasteiger partial charge is 0.456 e. The topological polar surface area (TPSA) is 119 Å².